The molecule has 34 heavy (non-hydrogen) atoms. The van der Waals surface area contributed by atoms with Crippen LogP contribution in [0.5, 0.6) is 23.0 Å². The highest BCUT2D eigenvalue weighted by Gasteiger charge is 2.11. The lowest BCUT2D eigenvalue weighted by atomic mass is 10.2. The van der Waals surface area contributed by atoms with Gasteiger partial charge in [-0.15, -0.1) is 0 Å². The molecule has 0 spiro atoms. The van der Waals surface area contributed by atoms with Gasteiger partial charge in [-0.05, 0) is 61.9 Å². The third-order valence-electron chi connectivity index (χ3n) is 4.71. The van der Waals surface area contributed by atoms with Crippen LogP contribution in [-0.4, -0.2) is 32.4 Å². The molecule has 3 rings (SSSR count). The Hall–Kier alpha value is -3.71. The molecule has 0 aliphatic heterocycles. The molecular formula is C26H27ClN2O5. The van der Waals surface area contributed by atoms with E-state index in [-0.39, 0.29) is 5.91 Å². The smallest absolute Gasteiger partial charge is 0.271 e. The molecule has 0 radical (unpaired) electrons. The monoisotopic (exact) mass is 482 g/mol. The van der Waals surface area contributed by atoms with Crippen molar-refractivity contribution in [2.45, 2.75) is 20.5 Å². The van der Waals surface area contributed by atoms with Crippen molar-refractivity contribution in [3.63, 3.8) is 0 Å². The fourth-order valence-electron chi connectivity index (χ4n) is 3.08. The zero-order valence-electron chi connectivity index (χ0n) is 19.3. The van der Waals surface area contributed by atoms with Crippen molar-refractivity contribution in [3.8, 4) is 23.0 Å². The summed E-state index contributed by atoms with van der Waals surface area (Å²) in [5.74, 6) is 1.84. The van der Waals surface area contributed by atoms with Crippen LogP contribution >= 0.6 is 11.6 Å². The summed E-state index contributed by atoms with van der Waals surface area (Å²) in [4.78, 5) is 12.5. The van der Waals surface area contributed by atoms with Crippen molar-refractivity contribution in [1.29, 1.82) is 0 Å². The van der Waals surface area contributed by atoms with Crippen molar-refractivity contribution in [2.75, 3.05) is 20.3 Å². The van der Waals surface area contributed by atoms with Gasteiger partial charge in [-0.1, -0.05) is 29.8 Å². The quantitative estimate of drug-likeness (QED) is 0.289. The minimum absolute atomic E-state index is 0.311. The van der Waals surface area contributed by atoms with Gasteiger partial charge in [0.05, 0.1) is 26.5 Å². The van der Waals surface area contributed by atoms with Crippen molar-refractivity contribution in [2.24, 2.45) is 5.10 Å². The first-order chi connectivity index (χ1) is 16.5. The zero-order valence-corrected chi connectivity index (χ0v) is 20.1. The highest BCUT2D eigenvalue weighted by molar-refractivity contribution is 6.31. The van der Waals surface area contributed by atoms with Crippen molar-refractivity contribution >= 4 is 23.7 Å². The molecule has 8 heteroatoms. The van der Waals surface area contributed by atoms with Gasteiger partial charge in [0.2, 0.25) is 0 Å². The molecule has 0 aromatic heterocycles. The predicted octanol–water partition coefficient (Wildman–Crippen LogP) is 5.49. The van der Waals surface area contributed by atoms with Gasteiger partial charge in [0.25, 0.3) is 5.91 Å². The summed E-state index contributed by atoms with van der Waals surface area (Å²) in [6, 6.07) is 17.8. The second-order valence-electron chi connectivity index (χ2n) is 7.02. The summed E-state index contributed by atoms with van der Waals surface area (Å²) in [5.41, 5.74) is 4.53. The van der Waals surface area contributed by atoms with E-state index in [0.717, 1.165) is 11.1 Å². The lowest BCUT2D eigenvalue weighted by Crippen LogP contribution is -2.17. The predicted molar refractivity (Wildman–Crippen MR) is 133 cm³/mol. The number of hydrazone groups is 1. The molecule has 0 unspecified atom stereocenters. The summed E-state index contributed by atoms with van der Waals surface area (Å²) < 4.78 is 22.4. The number of carbonyl (C=O) groups excluding carboxylic acids is 1. The highest BCUT2D eigenvalue weighted by atomic mass is 35.5. The lowest BCUT2D eigenvalue weighted by molar-refractivity contribution is 0.0954. The first kappa shape index (κ1) is 24.9. The van der Waals surface area contributed by atoms with Gasteiger partial charge in [-0.25, -0.2) is 5.43 Å². The number of nitrogens with zero attached hydrogens (tertiary/aromatic N) is 1. The average molecular weight is 483 g/mol. The minimum atomic E-state index is -0.369. The Morgan fingerprint density at radius 2 is 1.62 bits per heavy atom. The highest BCUT2D eigenvalue weighted by Crippen LogP contribution is 2.30. The Bertz CT molecular complexity index is 1150. The van der Waals surface area contributed by atoms with E-state index in [1.807, 2.05) is 44.2 Å². The number of rotatable bonds is 11. The molecule has 0 heterocycles. The standard InChI is InChI=1S/C26H27ClN2O5/c1-4-32-23-13-11-19(15-25(23)33-5-2)26(30)29-28-16-18-10-12-22(24(14-18)31-3)34-17-20-8-6-7-9-21(20)27/h6-16H,4-5,17H2,1-3H3,(H,29,30)/b28-16+. The van der Waals surface area contributed by atoms with Gasteiger partial charge in [-0.2, -0.15) is 5.10 Å². The molecule has 0 saturated carbocycles. The van der Waals surface area contributed by atoms with Crippen molar-refractivity contribution in [1.82, 2.24) is 5.43 Å². The van der Waals surface area contributed by atoms with Crippen molar-refractivity contribution in [3.05, 3.63) is 82.4 Å². The number of hydrogen-bond acceptors (Lipinski definition) is 6. The van der Waals surface area contributed by atoms with Crippen LogP contribution < -0.4 is 24.4 Å². The molecule has 0 aliphatic carbocycles. The molecule has 0 fully saturated rings. The second-order valence-corrected chi connectivity index (χ2v) is 7.42. The number of ether oxygens (including phenoxy) is 4. The van der Waals surface area contributed by atoms with Crippen LogP contribution in [0.1, 0.15) is 35.3 Å². The van der Waals surface area contributed by atoms with Crippen LogP contribution in [0.2, 0.25) is 5.02 Å². The topological polar surface area (TPSA) is 78.4 Å². The summed E-state index contributed by atoms with van der Waals surface area (Å²) in [6.07, 6.45) is 1.52. The van der Waals surface area contributed by atoms with Crippen LogP contribution in [0.4, 0.5) is 0 Å². The summed E-state index contributed by atoms with van der Waals surface area (Å²) in [7, 11) is 1.56. The number of benzene rings is 3. The molecule has 0 bridgehead atoms. The fourth-order valence-corrected chi connectivity index (χ4v) is 3.27. The minimum Gasteiger partial charge on any atom is -0.493 e. The van der Waals surface area contributed by atoms with Crippen LogP contribution in [-0.2, 0) is 6.61 Å². The molecule has 3 aromatic carbocycles. The van der Waals surface area contributed by atoms with Crippen LogP contribution in [0.15, 0.2) is 65.8 Å². The molecular weight excluding hydrogens is 456 g/mol. The largest absolute Gasteiger partial charge is 0.493 e. The van der Waals surface area contributed by atoms with Gasteiger partial charge in [0, 0.05) is 16.1 Å². The molecule has 178 valence electrons. The summed E-state index contributed by atoms with van der Waals surface area (Å²) in [6.45, 7) is 5.03. The van der Waals surface area contributed by atoms with E-state index in [0.29, 0.717) is 53.4 Å². The van der Waals surface area contributed by atoms with Crippen LogP contribution in [0.25, 0.3) is 0 Å². The molecule has 7 nitrogen and oxygen atoms in total. The molecule has 3 aromatic rings. The Kier molecular flexibility index (Phi) is 9.17. The molecule has 0 aliphatic rings. The average Bonchev–Trinajstić information content (AvgIpc) is 2.85. The number of nitrogens with one attached hydrogen (secondary N) is 1. The maximum absolute atomic E-state index is 12.5. The number of methoxy groups -OCH3 is 1. The van der Waals surface area contributed by atoms with E-state index in [9.17, 15) is 4.79 Å². The summed E-state index contributed by atoms with van der Waals surface area (Å²) >= 11 is 6.19. The maximum atomic E-state index is 12.5. The van der Waals surface area contributed by atoms with Crippen molar-refractivity contribution < 1.29 is 23.7 Å². The van der Waals surface area contributed by atoms with Gasteiger partial charge in [0.1, 0.15) is 6.61 Å². The third kappa shape index (κ3) is 6.65. The Morgan fingerprint density at radius 1 is 0.912 bits per heavy atom. The lowest BCUT2D eigenvalue weighted by Gasteiger charge is -2.12. The number of amides is 1. The first-order valence-corrected chi connectivity index (χ1v) is 11.2. The van der Waals surface area contributed by atoms with E-state index >= 15 is 0 Å². The number of hydrogen-bond donors (Lipinski definition) is 1. The first-order valence-electron chi connectivity index (χ1n) is 10.8. The summed E-state index contributed by atoms with van der Waals surface area (Å²) in [5, 5.41) is 4.69. The van der Waals surface area contributed by atoms with E-state index in [4.69, 9.17) is 30.5 Å². The maximum Gasteiger partial charge on any atom is 0.271 e. The fraction of sp³-hybridized carbons (Fsp3) is 0.231. The Labute approximate surface area is 204 Å². The van der Waals surface area contributed by atoms with Gasteiger partial charge in [-0.3, -0.25) is 4.79 Å². The second kappa shape index (κ2) is 12.5. The molecule has 1 amide bonds. The van der Waals surface area contributed by atoms with Crippen LogP contribution in [0.3, 0.4) is 0 Å². The Balaban J connectivity index is 1.64. The molecule has 1 N–H and O–H groups in total. The van der Waals surface area contributed by atoms with E-state index in [1.165, 1.54) is 6.21 Å². The zero-order chi connectivity index (χ0) is 24.3. The Morgan fingerprint density at radius 3 is 2.35 bits per heavy atom. The van der Waals surface area contributed by atoms with Gasteiger partial charge in [0.15, 0.2) is 23.0 Å². The number of halogens is 1. The normalized spacial score (nSPS) is 10.7. The SMILES string of the molecule is CCOc1ccc(C(=O)N/N=C/c2ccc(OCc3ccccc3Cl)c(OC)c2)cc1OCC. The molecule has 0 saturated heterocycles. The van der Waals surface area contributed by atoms with E-state index < -0.39 is 0 Å². The van der Waals surface area contributed by atoms with Gasteiger partial charge >= 0.3 is 0 Å². The number of carbonyl (C=O) groups is 1. The van der Waals surface area contributed by atoms with E-state index in [2.05, 4.69) is 10.5 Å². The molecule has 0 atom stereocenters. The van der Waals surface area contributed by atoms with Gasteiger partial charge < -0.3 is 18.9 Å². The van der Waals surface area contributed by atoms with E-state index in [1.54, 1.807) is 37.4 Å². The third-order valence-corrected chi connectivity index (χ3v) is 5.08. The van der Waals surface area contributed by atoms with Crippen LogP contribution in [0, 0.1) is 0 Å².